The van der Waals surface area contributed by atoms with Crippen LogP contribution in [-0.2, 0) is 6.42 Å². The van der Waals surface area contributed by atoms with Gasteiger partial charge in [-0.1, -0.05) is 26.2 Å². The summed E-state index contributed by atoms with van der Waals surface area (Å²) in [6.45, 7) is 3.47. The molecule has 1 N–H and O–H groups in total. The van der Waals surface area contributed by atoms with Crippen LogP contribution in [0.3, 0.4) is 0 Å². The zero-order valence-electron chi connectivity index (χ0n) is 12.9. The number of hydrogen-bond acceptors (Lipinski definition) is 2. The second-order valence-electron chi connectivity index (χ2n) is 6.77. The summed E-state index contributed by atoms with van der Waals surface area (Å²) in [6, 6.07) is 3.75. The van der Waals surface area contributed by atoms with Gasteiger partial charge in [-0.15, -0.1) is 0 Å². The quantitative estimate of drug-likeness (QED) is 0.784. The second-order valence-corrected chi connectivity index (χ2v) is 6.77. The molecule has 2 aliphatic rings. The van der Waals surface area contributed by atoms with Gasteiger partial charge in [-0.25, -0.2) is 0 Å². The van der Waals surface area contributed by atoms with E-state index in [2.05, 4.69) is 29.2 Å². The van der Waals surface area contributed by atoms with Gasteiger partial charge in [0.05, 0.1) is 11.7 Å². The number of nitrogens with zero attached hydrogens (tertiary/aromatic N) is 2. The average Bonchev–Trinajstić information content (AvgIpc) is 2.92. The largest absolute Gasteiger partial charge is 0.314 e. The third-order valence-corrected chi connectivity index (χ3v) is 4.83. The minimum Gasteiger partial charge on any atom is -0.314 e. The molecular formula is C17H29N3. The molecule has 0 bridgehead atoms. The van der Waals surface area contributed by atoms with E-state index in [1.165, 1.54) is 63.6 Å². The first-order valence-corrected chi connectivity index (χ1v) is 8.62. The van der Waals surface area contributed by atoms with Crippen molar-refractivity contribution in [2.45, 2.75) is 76.8 Å². The van der Waals surface area contributed by atoms with Crippen LogP contribution in [0.2, 0.25) is 0 Å². The third-order valence-electron chi connectivity index (χ3n) is 4.83. The first-order valence-electron chi connectivity index (χ1n) is 8.62. The Morgan fingerprint density at radius 1 is 1.30 bits per heavy atom. The molecule has 0 saturated heterocycles. The number of hydrogen-bond donors (Lipinski definition) is 1. The fraction of sp³-hybridized carbons (Fsp3) is 0.824. The molecule has 1 aromatic heterocycles. The van der Waals surface area contributed by atoms with Crippen molar-refractivity contribution >= 4 is 0 Å². The third kappa shape index (κ3) is 3.85. The zero-order valence-corrected chi connectivity index (χ0v) is 12.9. The van der Waals surface area contributed by atoms with Crippen LogP contribution in [0.25, 0.3) is 0 Å². The highest BCUT2D eigenvalue weighted by Gasteiger charge is 2.22. The van der Waals surface area contributed by atoms with Crippen molar-refractivity contribution in [2.75, 3.05) is 6.54 Å². The smallest absolute Gasteiger partial charge is 0.0627 e. The van der Waals surface area contributed by atoms with Gasteiger partial charge in [-0.3, -0.25) is 4.68 Å². The lowest BCUT2D eigenvalue weighted by Crippen LogP contribution is -2.26. The predicted molar refractivity (Wildman–Crippen MR) is 82.9 cm³/mol. The molecule has 1 unspecified atom stereocenters. The Morgan fingerprint density at radius 2 is 2.10 bits per heavy atom. The molecule has 20 heavy (non-hydrogen) atoms. The van der Waals surface area contributed by atoms with Crippen molar-refractivity contribution in [2.24, 2.45) is 5.92 Å². The molecule has 3 nitrogen and oxygen atoms in total. The second kappa shape index (κ2) is 6.75. The van der Waals surface area contributed by atoms with E-state index < -0.39 is 0 Å². The minimum absolute atomic E-state index is 0.679. The fourth-order valence-electron chi connectivity index (χ4n) is 3.46. The van der Waals surface area contributed by atoms with Gasteiger partial charge in [0.2, 0.25) is 0 Å². The molecule has 0 amide bonds. The van der Waals surface area contributed by atoms with E-state index in [1.807, 2.05) is 0 Å². The summed E-state index contributed by atoms with van der Waals surface area (Å²) >= 11 is 0. The number of rotatable bonds is 8. The SMILES string of the molecule is CCCC(CNC1CC1)Cc1ccn(C2CCCC2)n1. The van der Waals surface area contributed by atoms with Crippen molar-refractivity contribution in [3.8, 4) is 0 Å². The molecule has 3 heteroatoms. The fourth-order valence-corrected chi connectivity index (χ4v) is 3.46. The van der Waals surface area contributed by atoms with Crippen molar-refractivity contribution in [1.29, 1.82) is 0 Å². The van der Waals surface area contributed by atoms with Gasteiger partial charge < -0.3 is 5.32 Å². The van der Waals surface area contributed by atoms with Crippen LogP contribution in [0.15, 0.2) is 12.3 Å². The van der Waals surface area contributed by atoms with Gasteiger partial charge in [0.15, 0.2) is 0 Å². The van der Waals surface area contributed by atoms with Gasteiger partial charge in [-0.05, 0) is 57.1 Å². The normalized spacial score (nSPS) is 21.4. The Bertz CT molecular complexity index is 402. The summed E-state index contributed by atoms with van der Waals surface area (Å²) < 4.78 is 2.24. The van der Waals surface area contributed by atoms with Gasteiger partial charge in [0, 0.05) is 12.2 Å². The van der Waals surface area contributed by atoms with Crippen molar-refractivity contribution in [1.82, 2.24) is 15.1 Å². The number of nitrogens with one attached hydrogen (secondary N) is 1. The van der Waals surface area contributed by atoms with Crippen molar-refractivity contribution < 1.29 is 0 Å². The van der Waals surface area contributed by atoms with E-state index in [4.69, 9.17) is 5.10 Å². The molecule has 1 aromatic rings. The Morgan fingerprint density at radius 3 is 2.80 bits per heavy atom. The molecule has 2 saturated carbocycles. The van der Waals surface area contributed by atoms with Crippen LogP contribution in [0.5, 0.6) is 0 Å². The molecule has 1 heterocycles. The Hall–Kier alpha value is -0.830. The van der Waals surface area contributed by atoms with Gasteiger partial charge in [0.1, 0.15) is 0 Å². The Labute approximate surface area is 123 Å². The van der Waals surface area contributed by atoms with Gasteiger partial charge in [0.25, 0.3) is 0 Å². The average molecular weight is 275 g/mol. The van der Waals surface area contributed by atoms with Crippen molar-refractivity contribution in [3.63, 3.8) is 0 Å². The lowest BCUT2D eigenvalue weighted by Gasteiger charge is -2.16. The van der Waals surface area contributed by atoms with Gasteiger partial charge in [-0.2, -0.15) is 5.10 Å². The predicted octanol–water partition coefficient (Wildman–Crippen LogP) is 3.71. The van der Waals surface area contributed by atoms with E-state index >= 15 is 0 Å². The van der Waals surface area contributed by atoms with Crippen LogP contribution in [0.1, 0.15) is 70.0 Å². The molecule has 0 aromatic carbocycles. The summed E-state index contributed by atoms with van der Waals surface area (Å²) in [6.07, 6.45) is 14.1. The van der Waals surface area contributed by atoms with E-state index in [0.717, 1.165) is 18.4 Å². The van der Waals surface area contributed by atoms with E-state index in [-0.39, 0.29) is 0 Å². The minimum atomic E-state index is 0.679. The maximum absolute atomic E-state index is 4.85. The van der Waals surface area contributed by atoms with E-state index in [0.29, 0.717) is 6.04 Å². The van der Waals surface area contributed by atoms with Crippen LogP contribution in [-0.4, -0.2) is 22.4 Å². The maximum Gasteiger partial charge on any atom is 0.0627 e. The molecule has 2 fully saturated rings. The summed E-state index contributed by atoms with van der Waals surface area (Å²) in [5.74, 6) is 0.757. The molecule has 1 atom stereocenters. The van der Waals surface area contributed by atoms with Crippen LogP contribution in [0, 0.1) is 5.92 Å². The maximum atomic E-state index is 4.85. The monoisotopic (exact) mass is 275 g/mol. The summed E-state index contributed by atoms with van der Waals surface area (Å²) in [7, 11) is 0. The highest BCUT2D eigenvalue weighted by molar-refractivity contribution is 5.02. The lowest BCUT2D eigenvalue weighted by atomic mass is 9.98. The molecule has 0 radical (unpaired) electrons. The lowest BCUT2D eigenvalue weighted by molar-refractivity contribution is 0.422. The van der Waals surface area contributed by atoms with Crippen LogP contribution in [0.4, 0.5) is 0 Å². The first kappa shape index (κ1) is 14.1. The standard InChI is InChI=1S/C17H29N3/c1-2-5-14(13-18-15-8-9-15)12-16-10-11-20(19-16)17-6-3-4-7-17/h10-11,14-15,17-18H,2-9,12-13H2,1H3. The zero-order chi connectivity index (χ0) is 13.8. The van der Waals surface area contributed by atoms with Crippen LogP contribution < -0.4 is 5.32 Å². The molecule has 2 aliphatic carbocycles. The molecule has 0 aliphatic heterocycles. The topological polar surface area (TPSA) is 29.9 Å². The highest BCUT2D eigenvalue weighted by Crippen LogP contribution is 2.29. The molecule has 112 valence electrons. The molecule has 3 rings (SSSR count). The van der Waals surface area contributed by atoms with Gasteiger partial charge >= 0.3 is 0 Å². The molecular weight excluding hydrogens is 246 g/mol. The summed E-state index contributed by atoms with van der Waals surface area (Å²) in [5, 5.41) is 8.53. The molecule has 0 spiro atoms. The first-order chi connectivity index (χ1) is 9.85. The van der Waals surface area contributed by atoms with E-state index in [9.17, 15) is 0 Å². The summed E-state index contributed by atoms with van der Waals surface area (Å²) in [4.78, 5) is 0. The van der Waals surface area contributed by atoms with E-state index in [1.54, 1.807) is 0 Å². The number of aromatic nitrogens is 2. The Balaban J connectivity index is 1.53. The van der Waals surface area contributed by atoms with Crippen molar-refractivity contribution in [3.05, 3.63) is 18.0 Å². The highest BCUT2D eigenvalue weighted by atomic mass is 15.3. The summed E-state index contributed by atoms with van der Waals surface area (Å²) in [5.41, 5.74) is 1.30. The Kier molecular flexibility index (Phi) is 4.77. The van der Waals surface area contributed by atoms with Crippen LogP contribution >= 0.6 is 0 Å².